The molecule has 0 aliphatic carbocycles. The van der Waals surface area contributed by atoms with Crippen molar-refractivity contribution in [2.24, 2.45) is 4.99 Å². The largest absolute Gasteiger partial charge is 0.504 e. The number of carboxylic acids is 1. The van der Waals surface area contributed by atoms with Gasteiger partial charge in [-0.05, 0) is 12.1 Å². The van der Waals surface area contributed by atoms with Crippen LogP contribution in [-0.2, 0) is 19.0 Å². The molecule has 8 heteroatoms. The lowest BCUT2D eigenvalue weighted by Crippen LogP contribution is -2.18. The Morgan fingerprint density at radius 3 is 2.83 bits per heavy atom. The topological polar surface area (TPSA) is 107 Å². The van der Waals surface area contributed by atoms with Crippen LogP contribution in [0.15, 0.2) is 23.2 Å². The van der Waals surface area contributed by atoms with E-state index in [1.165, 1.54) is 0 Å². The van der Waals surface area contributed by atoms with Crippen molar-refractivity contribution < 1.29 is 34.0 Å². The van der Waals surface area contributed by atoms with Crippen LogP contribution in [0.2, 0.25) is 0 Å². The molecule has 1 aromatic rings. The SMILES string of the molecule is COCCOCCOc1cccc(C2=N[C@@H](C(=O)O)CO2)c1O. The van der Waals surface area contributed by atoms with E-state index in [0.29, 0.717) is 25.4 Å². The van der Waals surface area contributed by atoms with Gasteiger partial charge in [-0.1, -0.05) is 6.07 Å². The van der Waals surface area contributed by atoms with Gasteiger partial charge < -0.3 is 29.2 Å². The van der Waals surface area contributed by atoms with Crippen LogP contribution >= 0.6 is 0 Å². The van der Waals surface area contributed by atoms with Crippen molar-refractivity contribution in [3.63, 3.8) is 0 Å². The number of phenols is 1. The van der Waals surface area contributed by atoms with Gasteiger partial charge in [0.1, 0.15) is 13.2 Å². The number of aliphatic imine (C=N–C) groups is 1. The number of carbonyl (C=O) groups is 1. The van der Waals surface area contributed by atoms with Crippen molar-refractivity contribution in [2.45, 2.75) is 6.04 Å². The van der Waals surface area contributed by atoms with Gasteiger partial charge >= 0.3 is 5.97 Å². The molecule has 23 heavy (non-hydrogen) atoms. The van der Waals surface area contributed by atoms with Gasteiger partial charge in [0, 0.05) is 7.11 Å². The zero-order valence-corrected chi connectivity index (χ0v) is 12.7. The quantitative estimate of drug-likeness (QED) is 0.642. The maximum Gasteiger partial charge on any atom is 0.332 e. The molecule has 0 spiro atoms. The fourth-order valence-corrected chi connectivity index (χ4v) is 1.91. The predicted octanol–water partition coefficient (Wildman–Crippen LogP) is 0.664. The van der Waals surface area contributed by atoms with E-state index in [1.54, 1.807) is 25.3 Å². The summed E-state index contributed by atoms with van der Waals surface area (Å²) in [5, 5.41) is 19.1. The Hall–Kier alpha value is -2.32. The fourth-order valence-electron chi connectivity index (χ4n) is 1.91. The van der Waals surface area contributed by atoms with Gasteiger partial charge in [0.25, 0.3) is 0 Å². The first-order valence-electron chi connectivity index (χ1n) is 7.08. The monoisotopic (exact) mass is 325 g/mol. The van der Waals surface area contributed by atoms with Crippen LogP contribution in [0, 0.1) is 0 Å². The Morgan fingerprint density at radius 2 is 2.13 bits per heavy atom. The average molecular weight is 325 g/mol. The minimum Gasteiger partial charge on any atom is -0.504 e. The number of carboxylic acid groups (broad SMARTS) is 1. The molecule has 1 aliphatic heterocycles. The fraction of sp³-hybridized carbons (Fsp3) is 0.467. The summed E-state index contributed by atoms with van der Waals surface area (Å²) in [6.07, 6.45) is 0. The van der Waals surface area contributed by atoms with E-state index in [2.05, 4.69) is 4.99 Å². The van der Waals surface area contributed by atoms with Gasteiger partial charge in [0.2, 0.25) is 5.90 Å². The number of aliphatic carboxylic acids is 1. The Kier molecular flexibility index (Phi) is 6.19. The standard InChI is InChI=1S/C15H19NO7/c1-20-5-6-21-7-8-22-12-4-2-3-10(13(12)17)14-16-11(9-23-14)15(18)19/h2-4,11,17H,5-9H2,1H3,(H,18,19)/t11-/m1/s1. The number of hydrogen-bond acceptors (Lipinski definition) is 7. The number of para-hydroxylation sites is 1. The molecule has 0 saturated heterocycles. The van der Waals surface area contributed by atoms with E-state index in [1.807, 2.05) is 0 Å². The van der Waals surface area contributed by atoms with Crippen LogP contribution in [0.25, 0.3) is 0 Å². The Morgan fingerprint density at radius 1 is 1.35 bits per heavy atom. The van der Waals surface area contributed by atoms with E-state index in [4.69, 9.17) is 24.1 Å². The Labute approximate surface area is 133 Å². The number of phenolic OH excluding ortho intramolecular Hbond substituents is 1. The van der Waals surface area contributed by atoms with Gasteiger partial charge in [-0.15, -0.1) is 0 Å². The van der Waals surface area contributed by atoms with Gasteiger partial charge in [-0.25, -0.2) is 9.79 Å². The van der Waals surface area contributed by atoms with Crippen molar-refractivity contribution >= 4 is 11.9 Å². The third-order valence-corrected chi connectivity index (χ3v) is 3.08. The van der Waals surface area contributed by atoms with Gasteiger partial charge in [0.05, 0.1) is 25.4 Å². The summed E-state index contributed by atoms with van der Waals surface area (Å²) in [6.45, 7) is 1.52. The molecule has 2 rings (SSSR count). The number of nitrogens with zero attached hydrogens (tertiary/aromatic N) is 1. The minimum absolute atomic E-state index is 0.0530. The number of methoxy groups -OCH3 is 1. The van der Waals surface area contributed by atoms with Crippen LogP contribution in [0.5, 0.6) is 11.5 Å². The predicted molar refractivity (Wildman–Crippen MR) is 80.2 cm³/mol. The van der Waals surface area contributed by atoms with Crippen molar-refractivity contribution in [2.75, 3.05) is 40.1 Å². The first-order valence-corrected chi connectivity index (χ1v) is 7.08. The number of ether oxygens (including phenoxy) is 4. The molecule has 2 N–H and O–H groups in total. The third kappa shape index (κ3) is 4.57. The van der Waals surface area contributed by atoms with E-state index < -0.39 is 12.0 Å². The van der Waals surface area contributed by atoms with Gasteiger partial charge in [-0.2, -0.15) is 0 Å². The summed E-state index contributed by atoms with van der Waals surface area (Å²) in [6, 6.07) is 3.89. The van der Waals surface area contributed by atoms with Crippen LogP contribution < -0.4 is 4.74 Å². The summed E-state index contributed by atoms with van der Waals surface area (Å²) >= 11 is 0. The molecule has 0 amide bonds. The molecule has 0 radical (unpaired) electrons. The first kappa shape index (κ1) is 17.0. The third-order valence-electron chi connectivity index (χ3n) is 3.08. The van der Waals surface area contributed by atoms with Gasteiger partial charge in [-0.3, -0.25) is 0 Å². The molecule has 0 unspecified atom stereocenters. The molecule has 126 valence electrons. The number of rotatable bonds is 9. The normalized spacial score (nSPS) is 16.7. The molecular weight excluding hydrogens is 306 g/mol. The minimum atomic E-state index is -1.07. The van der Waals surface area contributed by atoms with Crippen molar-refractivity contribution in [1.29, 1.82) is 0 Å². The molecule has 1 aliphatic rings. The molecule has 1 heterocycles. The zero-order valence-electron chi connectivity index (χ0n) is 12.7. The highest BCUT2D eigenvalue weighted by Gasteiger charge is 2.28. The van der Waals surface area contributed by atoms with E-state index in [-0.39, 0.29) is 30.6 Å². The summed E-state index contributed by atoms with van der Waals surface area (Å²) < 4.78 is 20.8. The number of benzene rings is 1. The molecular formula is C15H19NO7. The molecule has 0 bridgehead atoms. The molecule has 0 saturated carbocycles. The van der Waals surface area contributed by atoms with Crippen LogP contribution in [0.1, 0.15) is 5.56 Å². The highest BCUT2D eigenvalue weighted by atomic mass is 16.5. The second-order valence-electron chi connectivity index (χ2n) is 4.71. The summed E-state index contributed by atoms with van der Waals surface area (Å²) in [5.41, 5.74) is 0.298. The van der Waals surface area contributed by atoms with Crippen molar-refractivity contribution in [1.82, 2.24) is 0 Å². The number of hydrogen-bond donors (Lipinski definition) is 2. The van der Waals surface area contributed by atoms with Crippen LogP contribution in [0.3, 0.4) is 0 Å². The average Bonchev–Trinajstić information content (AvgIpc) is 3.02. The van der Waals surface area contributed by atoms with Crippen molar-refractivity contribution in [3.8, 4) is 11.5 Å². The maximum atomic E-state index is 10.9. The molecule has 0 fully saturated rings. The highest BCUT2D eigenvalue weighted by Crippen LogP contribution is 2.31. The van der Waals surface area contributed by atoms with E-state index in [0.717, 1.165) is 0 Å². The highest BCUT2D eigenvalue weighted by molar-refractivity contribution is 6.00. The maximum absolute atomic E-state index is 10.9. The van der Waals surface area contributed by atoms with Crippen LogP contribution in [0.4, 0.5) is 0 Å². The zero-order chi connectivity index (χ0) is 16.7. The molecule has 8 nitrogen and oxygen atoms in total. The number of aromatic hydroxyl groups is 1. The smallest absolute Gasteiger partial charge is 0.332 e. The molecule has 1 aromatic carbocycles. The lowest BCUT2D eigenvalue weighted by molar-refractivity contribution is -0.138. The molecule has 0 aromatic heterocycles. The Balaban J connectivity index is 1.96. The van der Waals surface area contributed by atoms with Crippen LogP contribution in [-0.4, -0.2) is 68.3 Å². The summed E-state index contributed by atoms with van der Waals surface area (Å²) in [4.78, 5) is 14.8. The summed E-state index contributed by atoms with van der Waals surface area (Å²) in [7, 11) is 1.59. The van der Waals surface area contributed by atoms with E-state index in [9.17, 15) is 9.90 Å². The second-order valence-corrected chi connectivity index (χ2v) is 4.71. The Bertz CT molecular complexity index is 573. The first-order chi connectivity index (χ1) is 11.1. The van der Waals surface area contributed by atoms with E-state index >= 15 is 0 Å². The molecule has 1 atom stereocenters. The lowest BCUT2D eigenvalue weighted by Gasteiger charge is -2.11. The lowest BCUT2D eigenvalue weighted by atomic mass is 10.2. The summed E-state index contributed by atoms with van der Waals surface area (Å²) in [5.74, 6) is -0.867. The second kappa shape index (κ2) is 8.35. The van der Waals surface area contributed by atoms with Gasteiger partial charge in [0.15, 0.2) is 17.5 Å². The van der Waals surface area contributed by atoms with Crippen molar-refractivity contribution in [3.05, 3.63) is 23.8 Å².